The number of nitriles is 1. The maximum atomic E-state index is 13.5. The third-order valence-electron chi connectivity index (χ3n) is 5.31. The number of rotatable bonds is 6. The zero-order valence-electron chi connectivity index (χ0n) is 18.6. The molecule has 5 aromatic rings. The first-order valence-corrected chi connectivity index (χ1v) is 11.3. The molecule has 0 radical (unpaired) electrons. The second kappa shape index (κ2) is 9.73. The molecule has 10 nitrogen and oxygen atoms in total. The van der Waals surface area contributed by atoms with Gasteiger partial charge in [0.15, 0.2) is 12.4 Å². The van der Waals surface area contributed by atoms with Gasteiger partial charge in [-0.2, -0.15) is 15.0 Å². The van der Waals surface area contributed by atoms with Crippen molar-refractivity contribution in [3.8, 4) is 23.4 Å². The van der Waals surface area contributed by atoms with E-state index in [1.54, 1.807) is 54.6 Å². The number of nitrogens with zero attached hydrogens (tertiary/aromatic N) is 5. The highest BCUT2D eigenvalue weighted by atomic mass is 35.5. The normalized spacial score (nSPS) is 11.3. The standard InChI is InChI=1S/C25H13Cl2N5O5/c26-16-5-6-21-14(9-16)11-22(37-21)24-30-19-4-2-1-3-18(19)25(33)31(24)29-13-15-10-17(27)12-20(32(34)35)23(15)36-8-7-28/h1-6,9-13H,8H2. The van der Waals surface area contributed by atoms with Gasteiger partial charge in [0, 0.05) is 27.1 Å². The second-order valence-corrected chi connectivity index (χ2v) is 8.53. The van der Waals surface area contributed by atoms with Gasteiger partial charge in [-0.15, -0.1) is 0 Å². The Kier molecular flexibility index (Phi) is 6.31. The topological polar surface area (TPSA) is 137 Å². The fraction of sp³-hybridized carbons (Fsp3) is 0.0400. The Morgan fingerprint density at radius 3 is 2.76 bits per heavy atom. The minimum Gasteiger partial charge on any atom is -0.471 e. The number of benzene rings is 3. The number of para-hydroxylation sites is 1. The Bertz CT molecular complexity index is 1840. The Labute approximate surface area is 217 Å². The summed E-state index contributed by atoms with van der Waals surface area (Å²) in [5, 5.41) is 26.3. The van der Waals surface area contributed by atoms with Crippen LogP contribution < -0.4 is 10.3 Å². The molecule has 0 saturated carbocycles. The van der Waals surface area contributed by atoms with Crippen LogP contribution in [0.2, 0.25) is 10.0 Å². The zero-order valence-corrected chi connectivity index (χ0v) is 20.1. The van der Waals surface area contributed by atoms with E-state index in [9.17, 15) is 14.9 Å². The Morgan fingerprint density at radius 1 is 1.16 bits per heavy atom. The van der Waals surface area contributed by atoms with Gasteiger partial charge in [-0.05, 0) is 42.5 Å². The van der Waals surface area contributed by atoms with Crippen molar-refractivity contribution in [1.29, 1.82) is 5.26 Å². The van der Waals surface area contributed by atoms with E-state index in [-0.39, 0.29) is 27.9 Å². The van der Waals surface area contributed by atoms with Gasteiger partial charge in [0.05, 0.1) is 22.0 Å². The lowest BCUT2D eigenvalue weighted by Crippen LogP contribution is -2.20. The average Bonchev–Trinajstić information content (AvgIpc) is 3.30. The van der Waals surface area contributed by atoms with E-state index in [1.807, 2.05) is 0 Å². The molecule has 0 aliphatic carbocycles. The van der Waals surface area contributed by atoms with Crippen molar-refractivity contribution in [2.24, 2.45) is 5.10 Å². The molecule has 182 valence electrons. The SMILES string of the molecule is N#CCOc1c(C=Nn2c(-c3cc4cc(Cl)ccc4o3)nc3ccccc3c2=O)cc(Cl)cc1[N+](=O)[O-]. The highest BCUT2D eigenvalue weighted by molar-refractivity contribution is 6.31. The Hall–Kier alpha value is -4.72. The van der Waals surface area contributed by atoms with Crippen LogP contribution in [0.4, 0.5) is 5.69 Å². The van der Waals surface area contributed by atoms with Crippen LogP contribution in [0.25, 0.3) is 33.5 Å². The first-order chi connectivity index (χ1) is 17.9. The molecule has 0 aliphatic heterocycles. The summed E-state index contributed by atoms with van der Waals surface area (Å²) in [7, 11) is 0. The van der Waals surface area contributed by atoms with E-state index in [0.29, 0.717) is 26.9 Å². The molecule has 12 heteroatoms. The summed E-state index contributed by atoms with van der Waals surface area (Å²) in [5.74, 6) is 0.111. The van der Waals surface area contributed by atoms with E-state index in [2.05, 4.69) is 10.1 Å². The van der Waals surface area contributed by atoms with Crippen molar-refractivity contribution in [1.82, 2.24) is 9.66 Å². The molecule has 5 rings (SSSR count). The van der Waals surface area contributed by atoms with Gasteiger partial charge in [0.25, 0.3) is 5.56 Å². The lowest BCUT2D eigenvalue weighted by Gasteiger charge is -2.09. The van der Waals surface area contributed by atoms with Crippen molar-refractivity contribution >= 4 is 57.0 Å². The average molecular weight is 534 g/mol. The summed E-state index contributed by atoms with van der Waals surface area (Å²) in [6.07, 6.45) is 1.17. The molecule has 2 heterocycles. The molecule has 0 unspecified atom stereocenters. The molecule has 0 bridgehead atoms. The van der Waals surface area contributed by atoms with E-state index in [1.165, 1.54) is 12.3 Å². The van der Waals surface area contributed by atoms with E-state index >= 15 is 0 Å². The molecule has 2 aromatic heterocycles. The quantitative estimate of drug-likeness (QED) is 0.152. The molecule has 0 fully saturated rings. The third kappa shape index (κ3) is 4.61. The number of hydrogen-bond acceptors (Lipinski definition) is 8. The highest BCUT2D eigenvalue weighted by Crippen LogP contribution is 2.34. The van der Waals surface area contributed by atoms with Crippen LogP contribution in [0.3, 0.4) is 0 Å². The van der Waals surface area contributed by atoms with Crippen LogP contribution in [0.15, 0.2) is 75.0 Å². The largest absolute Gasteiger partial charge is 0.471 e. The van der Waals surface area contributed by atoms with Crippen LogP contribution >= 0.6 is 23.2 Å². The monoisotopic (exact) mass is 533 g/mol. The van der Waals surface area contributed by atoms with Gasteiger partial charge in [-0.1, -0.05) is 35.3 Å². The van der Waals surface area contributed by atoms with Crippen LogP contribution in [0.1, 0.15) is 5.56 Å². The minimum atomic E-state index is -0.690. The van der Waals surface area contributed by atoms with Crippen molar-refractivity contribution in [2.75, 3.05) is 6.61 Å². The Balaban J connectivity index is 1.73. The number of hydrogen-bond donors (Lipinski definition) is 0. The molecule has 0 N–H and O–H groups in total. The first-order valence-electron chi connectivity index (χ1n) is 10.6. The van der Waals surface area contributed by atoms with E-state index in [4.69, 9.17) is 37.6 Å². The molecule has 0 aliphatic rings. The fourth-order valence-electron chi connectivity index (χ4n) is 3.73. The summed E-state index contributed by atoms with van der Waals surface area (Å²) in [6, 6.07) is 17.7. The van der Waals surface area contributed by atoms with Gasteiger partial charge in [-0.3, -0.25) is 14.9 Å². The molecule has 37 heavy (non-hydrogen) atoms. The summed E-state index contributed by atoms with van der Waals surface area (Å²) in [6.45, 7) is -0.451. The lowest BCUT2D eigenvalue weighted by molar-refractivity contribution is -0.385. The summed E-state index contributed by atoms with van der Waals surface area (Å²) in [5.41, 5.74) is 0.0599. The van der Waals surface area contributed by atoms with Crippen LogP contribution in [-0.4, -0.2) is 27.4 Å². The molecule has 3 aromatic carbocycles. The number of fused-ring (bicyclic) bond motifs is 2. The summed E-state index contributed by atoms with van der Waals surface area (Å²) >= 11 is 12.2. The number of aromatic nitrogens is 2. The number of furan rings is 1. The van der Waals surface area contributed by atoms with Crippen LogP contribution in [0.5, 0.6) is 5.75 Å². The van der Waals surface area contributed by atoms with Crippen molar-refractivity contribution in [3.05, 3.63) is 96.7 Å². The minimum absolute atomic E-state index is 0.0378. The predicted molar refractivity (Wildman–Crippen MR) is 138 cm³/mol. The highest BCUT2D eigenvalue weighted by Gasteiger charge is 2.21. The van der Waals surface area contributed by atoms with Gasteiger partial charge in [0.1, 0.15) is 11.7 Å². The molecule has 0 amide bonds. The Morgan fingerprint density at radius 2 is 1.97 bits per heavy atom. The van der Waals surface area contributed by atoms with Crippen molar-refractivity contribution in [3.63, 3.8) is 0 Å². The molecule has 0 spiro atoms. The van der Waals surface area contributed by atoms with E-state index in [0.717, 1.165) is 10.7 Å². The predicted octanol–water partition coefficient (Wildman–Crippen LogP) is 5.81. The van der Waals surface area contributed by atoms with Gasteiger partial charge < -0.3 is 9.15 Å². The number of nitro benzene ring substituents is 1. The molecular weight excluding hydrogens is 521 g/mol. The summed E-state index contributed by atoms with van der Waals surface area (Å²) < 4.78 is 12.2. The number of ether oxygens (including phenoxy) is 1. The lowest BCUT2D eigenvalue weighted by atomic mass is 10.2. The summed E-state index contributed by atoms with van der Waals surface area (Å²) in [4.78, 5) is 28.9. The van der Waals surface area contributed by atoms with E-state index < -0.39 is 22.8 Å². The molecule has 0 atom stereocenters. The smallest absolute Gasteiger partial charge is 0.313 e. The maximum absolute atomic E-state index is 13.5. The van der Waals surface area contributed by atoms with Crippen LogP contribution in [0, 0.1) is 21.4 Å². The van der Waals surface area contributed by atoms with Gasteiger partial charge >= 0.3 is 5.69 Å². The number of halogens is 2. The maximum Gasteiger partial charge on any atom is 0.313 e. The van der Waals surface area contributed by atoms with Crippen LogP contribution in [-0.2, 0) is 0 Å². The third-order valence-corrected chi connectivity index (χ3v) is 5.76. The molecule has 0 saturated heterocycles. The van der Waals surface area contributed by atoms with Crippen molar-refractivity contribution in [2.45, 2.75) is 0 Å². The first kappa shape index (κ1) is 24.0. The van der Waals surface area contributed by atoms with Crippen molar-refractivity contribution < 1.29 is 14.1 Å². The van der Waals surface area contributed by atoms with Gasteiger partial charge in [-0.25, -0.2) is 4.98 Å². The molecular formula is C25H13Cl2N5O5. The fourth-order valence-corrected chi connectivity index (χ4v) is 4.13. The van der Waals surface area contributed by atoms with Gasteiger partial charge in [0.2, 0.25) is 11.6 Å². The number of nitro groups is 1. The second-order valence-electron chi connectivity index (χ2n) is 7.65. The zero-order chi connectivity index (χ0) is 26.1.